The highest BCUT2D eigenvalue weighted by molar-refractivity contribution is 4.56. The van der Waals surface area contributed by atoms with Crippen molar-refractivity contribution in [2.24, 2.45) is 0 Å². The SMILES string of the molecule is CCCCCCCC(CC)OCCCCC. The third kappa shape index (κ3) is 10.5. The van der Waals surface area contributed by atoms with E-state index in [2.05, 4.69) is 20.8 Å². The minimum absolute atomic E-state index is 0.526. The van der Waals surface area contributed by atoms with Gasteiger partial charge < -0.3 is 4.74 Å². The molecule has 1 atom stereocenters. The van der Waals surface area contributed by atoms with Crippen LogP contribution in [0.4, 0.5) is 0 Å². The zero-order valence-corrected chi connectivity index (χ0v) is 11.8. The van der Waals surface area contributed by atoms with Gasteiger partial charge in [0.25, 0.3) is 0 Å². The second-order valence-corrected chi connectivity index (χ2v) is 4.81. The second-order valence-electron chi connectivity index (χ2n) is 4.81. The first-order chi connectivity index (χ1) is 7.85. The summed E-state index contributed by atoms with van der Waals surface area (Å²) >= 11 is 0. The van der Waals surface area contributed by atoms with Crippen LogP contribution in [0.2, 0.25) is 0 Å². The average Bonchev–Trinajstić information content (AvgIpc) is 2.31. The number of rotatable bonds is 12. The zero-order chi connectivity index (χ0) is 12.1. The molecule has 0 heterocycles. The van der Waals surface area contributed by atoms with Crippen LogP contribution in [-0.2, 0) is 4.74 Å². The van der Waals surface area contributed by atoms with E-state index in [0.717, 1.165) is 6.61 Å². The molecule has 0 radical (unpaired) electrons. The number of hydrogen-bond acceptors (Lipinski definition) is 1. The summed E-state index contributed by atoms with van der Waals surface area (Å²) in [6.45, 7) is 7.73. The Morgan fingerprint density at radius 1 is 0.750 bits per heavy atom. The van der Waals surface area contributed by atoms with Crippen LogP contribution in [0.15, 0.2) is 0 Å². The first-order valence-electron chi connectivity index (χ1n) is 7.46. The first-order valence-corrected chi connectivity index (χ1v) is 7.46. The van der Waals surface area contributed by atoms with Gasteiger partial charge in [-0.05, 0) is 19.3 Å². The van der Waals surface area contributed by atoms with Crippen molar-refractivity contribution in [1.82, 2.24) is 0 Å². The average molecular weight is 228 g/mol. The van der Waals surface area contributed by atoms with Crippen molar-refractivity contribution < 1.29 is 4.74 Å². The van der Waals surface area contributed by atoms with Crippen LogP contribution in [-0.4, -0.2) is 12.7 Å². The smallest absolute Gasteiger partial charge is 0.0572 e. The van der Waals surface area contributed by atoms with Gasteiger partial charge >= 0.3 is 0 Å². The third-order valence-corrected chi connectivity index (χ3v) is 3.19. The highest BCUT2D eigenvalue weighted by Gasteiger charge is 2.05. The van der Waals surface area contributed by atoms with Gasteiger partial charge in [0.15, 0.2) is 0 Å². The molecule has 1 nitrogen and oxygen atoms in total. The van der Waals surface area contributed by atoms with Crippen LogP contribution in [0.5, 0.6) is 0 Å². The van der Waals surface area contributed by atoms with Gasteiger partial charge in [-0.2, -0.15) is 0 Å². The number of hydrogen-bond donors (Lipinski definition) is 0. The minimum Gasteiger partial charge on any atom is -0.378 e. The molecule has 0 N–H and O–H groups in total. The molecule has 1 unspecified atom stereocenters. The molecule has 0 aromatic heterocycles. The molecule has 0 aliphatic carbocycles. The van der Waals surface area contributed by atoms with Gasteiger partial charge in [0, 0.05) is 6.61 Å². The molecule has 0 spiro atoms. The summed E-state index contributed by atoms with van der Waals surface area (Å²) in [5.41, 5.74) is 0. The van der Waals surface area contributed by atoms with Crippen molar-refractivity contribution in [3.05, 3.63) is 0 Å². The maximum absolute atomic E-state index is 5.90. The van der Waals surface area contributed by atoms with Crippen molar-refractivity contribution in [1.29, 1.82) is 0 Å². The third-order valence-electron chi connectivity index (χ3n) is 3.19. The van der Waals surface area contributed by atoms with Crippen LogP contribution in [0, 0.1) is 0 Å². The molecule has 0 bridgehead atoms. The number of unbranched alkanes of at least 4 members (excludes halogenated alkanes) is 6. The molecule has 0 rings (SSSR count). The summed E-state index contributed by atoms with van der Waals surface area (Å²) in [5, 5.41) is 0. The van der Waals surface area contributed by atoms with Crippen LogP contribution < -0.4 is 0 Å². The molecule has 0 aliphatic rings. The van der Waals surface area contributed by atoms with Crippen LogP contribution in [0.25, 0.3) is 0 Å². The predicted molar refractivity (Wildman–Crippen MR) is 72.9 cm³/mol. The minimum atomic E-state index is 0.526. The Labute approximate surface area is 103 Å². The van der Waals surface area contributed by atoms with Gasteiger partial charge in [0.05, 0.1) is 6.10 Å². The van der Waals surface area contributed by atoms with Crippen molar-refractivity contribution in [3.8, 4) is 0 Å². The van der Waals surface area contributed by atoms with E-state index in [4.69, 9.17) is 4.74 Å². The Morgan fingerprint density at radius 2 is 1.38 bits per heavy atom. The number of ether oxygens (including phenoxy) is 1. The van der Waals surface area contributed by atoms with Gasteiger partial charge in [-0.15, -0.1) is 0 Å². The topological polar surface area (TPSA) is 9.23 Å². The fourth-order valence-electron chi connectivity index (χ4n) is 1.98. The van der Waals surface area contributed by atoms with Crippen LogP contribution in [0.3, 0.4) is 0 Å². The normalized spacial score (nSPS) is 12.9. The van der Waals surface area contributed by atoms with Crippen molar-refractivity contribution in [3.63, 3.8) is 0 Å². The van der Waals surface area contributed by atoms with E-state index < -0.39 is 0 Å². The van der Waals surface area contributed by atoms with Crippen molar-refractivity contribution in [2.75, 3.05) is 6.61 Å². The Kier molecular flexibility index (Phi) is 13.0. The van der Waals surface area contributed by atoms with E-state index in [0.29, 0.717) is 6.10 Å². The quantitative estimate of drug-likeness (QED) is 0.410. The van der Waals surface area contributed by atoms with Crippen molar-refractivity contribution >= 4 is 0 Å². The molecular weight excluding hydrogens is 196 g/mol. The summed E-state index contributed by atoms with van der Waals surface area (Å²) in [4.78, 5) is 0. The summed E-state index contributed by atoms with van der Waals surface area (Å²) < 4.78 is 5.90. The Balaban J connectivity index is 3.29. The van der Waals surface area contributed by atoms with E-state index in [1.807, 2.05) is 0 Å². The summed E-state index contributed by atoms with van der Waals surface area (Å²) in [5.74, 6) is 0. The van der Waals surface area contributed by atoms with E-state index in [1.54, 1.807) is 0 Å². The molecule has 0 aromatic carbocycles. The Bertz CT molecular complexity index is 123. The molecule has 0 fully saturated rings. The van der Waals surface area contributed by atoms with Crippen molar-refractivity contribution in [2.45, 2.75) is 91.1 Å². The standard InChI is InChI=1S/C15H32O/c1-4-7-9-10-11-13-15(6-3)16-14-12-8-5-2/h15H,4-14H2,1-3H3. The van der Waals surface area contributed by atoms with Gasteiger partial charge in [0.1, 0.15) is 0 Å². The van der Waals surface area contributed by atoms with E-state index >= 15 is 0 Å². The lowest BCUT2D eigenvalue weighted by Crippen LogP contribution is -2.12. The second kappa shape index (κ2) is 13.0. The van der Waals surface area contributed by atoms with Gasteiger partial charge in [-0.1, -0.05) is 65.7 Å². The molecular formula is C15H32O. The van der Waals surface area contributed by atoms with E-state index in [9.17, 15) is 0 Å². The predicted octanol–water partition coefficient (Wildman–Crippen LogP) is 5.33. The zero-order valence-electron chi connectivity index (χ0n) is 11.8. The monoisotopic (exact) mass is 228 g/mol. The molecule has 0 saturated carbocycles. The fraction of sp³-hybridized carbons (Fsp3) is 1.00. The molecule has 16 heavy (non-hydrogen) atoms. The molecule has 0 aliphatic heterocycles. The maximum atomic E-state index is 5.90. The molecule has 0 saturated heterocycles. The summed E-state index contributed by atoms with van der Waals surface area (Å²) in [6.07, 6.45) is 13.7. The van der Waals surface area contributed by atoms with Crippen LogP contribution >= 0.6 is 0 Å². The summed E-state index contributed by atoms with van der Waals surface area (Å²) in [6, 6.07) is 0. The molecule has 0 amide bonds. The first kappa shape index (κ1) is 16.0. The Hall–Kier alpha value is -0.0400. The highest BCUT2D eigenvalue weighted by Crippen LogP contribution is 2.12. The lowest BCUT2D eigenvalue weighted by molar-refractivity contribution is 0.0408. The van der Waals surface area contributed by atoms with E-state index in [1.165, 1.54) is 64.2 Å². The van der Waals surface area contributed by atoms with E-state index in [-0.39, 0.29) is 0 Å². The highest BCUT2D eigenvalue weighted by atomic mass is 16.5. The van der Waals surface area contributed by atoms with Gasteiger partial charge in [-0.3, -0.25) is 0 Å². The summed E-state index contributed by atoms with van der Waals surface area (Å²) in [7, 11) is 0. The lowest BCUT2D eigenvalue weighted by Gasteiger charge is -2.15. The van der Waals surface area contributed by atoms with Crippen LogP contribution in [0.1, 0.15) is 85.0 Å². The van der Waals surface area contributed by atoms with Gasteiger partial charge in [-0.25, -0.2) is 0 Å². The largest absolute Gasteiger partial charge is 0.378 e. The molecule has 98 valence electrons. The Morgan fingerprint density at radius 3 is 2.00 bits per heavy atom. The van der Waals surface area contributed by atoms with Gasteiger partial charge in [0.2, 0.25) is 0 Å². The maximum Gasteiger partial charge on any atom is 0.0572 e. The lowest BCUT2D eigenvalue weighted by atomic mass is 10.1. The molecule has 0 aromatic rings. The molecule has 1 heteroatoms. The fourth-order valence-corrected chi connectivity index (χ4v) is 1.98.